The third-order valence-corrected chi connectivity index (χ3v) is 3.55. The molecule has 2 aromatic rings. The third kappa shape index (κ3) is 2.95. The summed E-state index contributed by atoms with van der Waals surface area (Å²) in [5.41, 5.74) is 9.02. The van der Waals surface area contributed by atoms with Crippen molar-refractivity contribution in [2.75, 3.05) is 25.2 Å². The average molecular weight is 307 g/mol. The van der Waals surface area contributed by atoms with Crippen molar-refractivity contribution in [2.45, 2.75) is 0 Å². The Labute approximate surface area is 128 Å². The minimum Gasteiger partial charge on any atom is -0.497 e. The highest BCUT2D eigenvalue weighted by Gasteiger charge is 2.12. The van der Waals surface area contributed by atoms with Gasteiger partial charge in [0.25, 0.3) is 0 Å². The first-order chi connectivity index (χ1) is 9.97. The van der Waals surface area contributed by atoms with Crippen molar-refractivity contribution < 1.29 is 9.13 Å². The van der Waals surface area contributed by atoms with Crippen LogP contribution in [0.2, 0.25) is 5.02 Å². The van der Waals surface area contributed by atoms with Crippen LogP contribution in [-0.4, -0.2) is 14.2 Å². The van der Waals surface area contributed by atoms with E-state index in [1.807, 2.05) is 0 Å². The maximum absolute atomic E-state index is 13.8. The van der Waals surface area contributed by atoms with E-state index < -0.39 is 5.82 Å². The summed E-state index contributed by atoms with van der Waals surface area (Å²) < 4.78 is 18.8. The standard InChI is InChI=1S/C16H16ClFN2O/c1-9(21-3)11-6-10(4-5-14(11)18)12-7-15(19)16(20-2)8-13(12)17/h4-8,20H,1,19H2,2-3H3. The van der Waals surface area contributed by atoms with Gasteiger partial charge in [-0.1, -0.05) is 24.2 Å². The molecule has 110 valence electrons. The van der Waals surface area contributed by atoms with E-state index in [1.54, 1.807) is 31.3 Å². The van der Waals surface area contributed by atoms with Crippen LogP contribution in [0.1, 0.15) is 5.56 Å². The molecule has 0 aliphatic rings. The van der Waals surface area contributed by atoms with Crippen molar-refractivity contribution in [3.05, 3.63) is 53.3 Å². The lowest BCUT2D eigenvalue weighted by atomic mass is 10.0. The molecule has 0 bridgehead atoms. The molecule has 21 heavy (non-hydrogen) atoms. The predicted octanol–water partition coefficient (Wildman–Crippen LogP) is 4.39. The summed E-state index contributed by atoms with van der Waals surface area (Å²) in [7, 11) is 3.21. The Morgan fingerprint density at radius 2 is 2.05 bits per heavy atom. The molecule has 0 saturated heterocycles. The molecule has 0 aliphatic carbocycles. The van der Waals surface area contributed by atoms with E-state index in [-0.39, 0.29) is 5.76 Å². The number of benzene rings is 2. The molecule has 0 aromatic heterocycles. The molecule has 0 heterocycles. The van der Waals surface area contributed by atoms with Crippen LogP contribution in [0.25, 0.3) is 16.9 Å². The van der Waals surface area contributed by atoms with Crippen LogP contribution in [0.5, 0.6) is 0 Å². The molecular weight excluding hydrogens is 291 g/mol. The summed E-state index contributed by atoms with van der Waals surface area (Å²) in [5.74, 6) is -0.146. The van der Waals surface area contributed by atoms with Crippen molar-refractivity contribution in [2.24, 2.45) is 0 Å². The van der Waals surface area contributed by atoms with E-state index in [2.05, 4.69) is 11.9 Å². The molecule has 0 unspecified atom stereocenters. The fraction of sp³-hybridized carbons (Fsp3) is 0.125. The minimum absolute atomic E-state index is 0.255. The quantitative estimate of drug-likeness (QED) is 0.650. The van der Waals surface area contributed by atoms with Crippen LogP contribution >= 0.6 is 11.6 Å². The number of nitrogens with one attached hydrogen (secondary N) is 1. The molecule has 3 nitrogen and oxygen atoms in total. The van der Waals surface area contributed by atoms with E-state index in [9.17, 15) is 4.39 Å². The highest BCUT2D eigenvalue weighted by Crippen LogP contribution is 2.35. The lowest BCUT2D eigenvalue weighted by Gasteiger charge is -2.13. The van der Waals surface area contributed by atoms with Crippen LogP contribution in [0, 0.1) is 5.82 Å². The summed E-state index contributed by atoms with van der Waals surface area (Å²) >= 11 is 6.28. The molecule has 0 saturated carbocycles. The van der Waals surface area contributed by atoms with Crippen molar-refractivity contribution in [1.82, 2.24) is 0 Å². The molecule has 0 amide bonds. The smallest absolute Gasteiger partial charge is 0.134 e. The zero-order valence-electron chi connectivity index (χ0n) is 11.8. The van der Waals surface area contributed by atoms with E-state index in [0.717, 1.165) is 16.8 Å². The number of hydrogen-bond donors (Lipinski definition) is 2. The maximum atomic E-state index is 13.8. The fourth-order valence-corrected chi connectivity index (χ4v) is 2.32. The van der Waals surface area contributed by atoms with Gasteiger partial charge < -0.3 is 15.8 Å². The molecule has 0 fully saturated rings. The molecule has 5 heteroatoms. The predicted molar refractivity (Wildman–Crippen MR) is 86.8 cm³/mol. The van der Waals surface area contributed by atoms with Crippen molar-refractivity contribution in [3.8, 4) is 11.1 Å². The first kappa shape index (κ1) is 15.2. The number of nitrogens with two attached hydrogens (primary N) is 1. The van der Waals surface area contributed by atoms with E-state index in [4.69, 9.17) is 22.1 Å². The van der Waals surface area contributed by atoms with Crippen molar-refractivity contribution in [1.29, 1.82) is 0 Å². The van der Waals surface area contributed by atoms with E-state index in [0.29, 0.717) is 16.3 Å². The van der Waals surface area contributed by atoms with Gasteiger partial charge in [-0.15, -0.1) is 0 Å². The zero-order chi connectivity index (χ0) is 15.6. The molecular formula is C16H16ClFN2O. The van der Waals surface area contributed by atoms with Crippen LogP contribution < -0.4 is 11.1 Å². The second-order valence-electron chi connectivity index (χ2n) is 4.49. The van der Waals surface area contributed by atoms with E-state index in [1.165, 1.54) is 13.2 Å². The Balaban J connectivity index is 2.57. The molecule has 0 radical (unpaired) electrons. The largest absolute Gasteiger partial charge is 0.497 e. The van der Waals surface area contributed by atoms with Gasteiger partial charge in [0, 0.05) is 12.6 Å². The molecule has 3 N–H and O–H groups in total. The van der Waals surface area contributed by atoms with Gasteiger partial charge in [0.2, 0.25) is 0 Å². The second kappa shape index (κ2) is 6.06. The number of nitrogen functional groups attached to an aromatic ring is 1. The third-order valence-electron chi connectivity index (χ3n) is 3.23. The molecule has 2 rings (SSSR count). The van der Waals surface area contributed by atoms with Gasteiger partial charge in [0.15, 0.2) is 0 Å². The molecule has 0 aliphatic heterocycles. The Bertz CT molecular complexity index is 701. The molecule has 0 spiro atoms. The SMILES string of the molecule is C=C(OC)c1cc(-c2cc(N)c(NC)cc2Cl)ccc1F. The highest BCUT2D eigenvalue weighted by molar-refractivity contribution is 6.33. The maximum Gasteiger partial charge on any atom is 0.134 e. The summed E-state index contributed by atoms with van der Waals surface area (Å²) in [6.07, 6.45) is 0. The van der Waals surface area contributed by atoms with Crippen molar-refractivity contribution in [3.63, 3.8) is 0 Å². The fourth-order valence-electron chi connectivity index (χ4n) is 2.04. The van der Waals surface area contributed by atoms with Crippen LogP contribution in [-0.2, 0) is 4.74 Å². The van der Waals surface area contributed by atoms with Crippen LogP contribution in [0.15, 0.2) is 36.9 Å². The number of ether oxygens (including phenoxy) is 1. The normalized spacial score (nSPS) is 10.3. The topological polar surface area (TPSA) is 47.3 Å². The molecule has 0 atom stereocenters. The summed E-state index contributed by atoms with van der Waals surface area (Å²) in [6, 6.07) is 8.12. The summed E-state index contributed by atoms with van der Waals surface area (Å²) in [5, 5.41) is 3.48. The minimum atomic E-state index is -0.401. The van der Waals surface area contributed by atoms with Crippen LogP contribution in [0.4, 0.5) is 15.8 Å². The lowest BCUT2D eigenvalue weighted by Crippen LogP contribution is -1.97. The first-order valence-corrected chi connectivity index (χ1v) is 6.65. The average Bonchev–Trinajstić information content (AvgIpc) is 2.49. The summed E-state index contributed by atoms with van der Waals surface area (Å²) in [4.78, 5) is 0. The number of methoxy groups -OCH3 is 1. The Hall–Kier alpha value is -2.20. The number of halogens is 2. The van der Waals surface area contributed by atoms with Crippen LogP contribution in [0.3, 0.4) is 0 Å². The monoisotopic (exact) mass is 306 g/mol. The number of anilines is 2. The van der Waals surface area contributed by atoms with E-state index >= 15 is 0 Å². The van der Waals surface area contributed by atoms with Gasteiger partial charge in [0.05, 0.1) is 29.1 Å². The second-order valence-corrected chi connectivity index (χ2v) is 4.90. The van der Waals surface area contributed by atoms with Gasteiger partial charge in [0.1, 0.15) is 11.6 Å². The van der Waals surface area contributed by atoms with Gasteiger partial charge >= 0.3 is 0 Å². The van der Waals surface area contributed by atoms with Gasteiger partial charge in [-0.3, -0.25) is 0 Å². The van der Waals surface area contributed by atoms with Gasteiger partial charge in [-0.05, 0) is 29.8 Å². The van der Waals surface area contributed by atoms with Gasteiger partial charge in [-0.25, -0.2) is 4.39 Å². The first-order valence-electron chi connectivity index (χ1n) is 6.28. The molecule has 2 aromatic carbocycles. The highest BCUT2D eigenvalue weighted by atomic mass is 35.5. The van der Waals surface area contributed by atoms with Gasteiger partial charge in [-0.2, -0.15) is 0 Å². The Kier molecular flexibility index (Phi) is 4.38. The lowest BCUT2D eigenvalue weighted by molar-refractivity contribution is 0.368. The Morgan fingerprint density at radius 1 is 1.33 bits per heavy atom. The zero-order valence-corrected chi connectivity index (χ0v) is 12.6. The summed E-state index contributed by atoms with van der Waals surface area (Å²) in [6.45, 7) is 3.68. The van der Waals surface area contributed by atoms with Crippen molar-refractivity contribution >= 4 is 28.7 Å². The number of hydrogen-bond acceptors (Lipinski definition) is 3. The Morgan fingerprint density at radius 3 is 2.67 bits per heavy atom. The number of rotatable bonds is 4.